The average molecular weight is 854 g/mol. The molecule has 0 N–H and O–H groups in total. The summed E-state index contributed by atoms with van der Waals surface area (Å²) in [6, 6.07) is 46.8. The van der Waals surface area contributed by atoms with Crippen LogP contribution in [0.3, 0.4) is 0 Å². The molecule has 0 spiro atoms. The van der Waals surface area contributed by atoms with Crippen molar-refractivity contribution in [1.29, 1.82) is 0 Å². The van der Waals surface area contributed by atoms with Gasteiger partial charge >= 0.3 is 355 Å². The van der Waals surface area contributed by atoms with Crippen molar-refractivity contribution in [3.8, 4) is 44.5 Å². The first-order valence-corrected chi connectivity index (χ1v) is 35.0. The SMILES string of the molecule is Cc1ccc(-c2ccc(-c3ccc(C)cc3)c3c2C=C(C(C)(C)C)[CH]3[Zr]([CH3])([CH3])(=[SiH2])[CH]2C(C(C)(C)C)=Cc3c(-c4ccc(C)cc4)ccc(-c4ccc(C)cc4)c32)cc1. The molecule has 6 aromatic rings. The molecule has 0 saturated heterocycles. The van der Waals surface area contributed by atoms with Crippen LogP contribution in [0.5, 0.6) is 0 Å². The monoisotopic (exact) mass is 852 g/mol. The Balaban J connectivity index is 1.48. The van der Waals surface area contributed by atoms with Gasteiger partial charge in [-0.3, -0.25) is 0 Å². The van der Waals surface area contributed by atoms with Crippen LogP contribution in [0.2, 0.25) is 9.26 Å². The van der Waals surface area contributed by atoms with Crippen LogP contribution < -0.4 is 0 Å². The molecule has 0 aliphatic heterocycles. The molecule has 0 heterocycles. The summed E-state index contributed by atoms with van der Waals surface area (Å²) < 4.78 is 6.33. The van der Waals surface area contributed by atoms with Crippen LogP contribution in [0.4, 0.5) is 0 Å². The number of aryl methyl sites for hydroxylation is 4. The van der Waals surface area contributed by atoms with Crippen LogP contribution in [-0.2, 0) is 17.4 Å². The van der Waals surface area contributed by atoms with E-state index < -0.39 is 17.4 Å². The van der Waals surface area contributed by atoms with Gasteiger partial charge in [-0.2, -0.15) is 0 Å². The summed E-state index contributed by atoms with van der Waals surface area (Å²) in [4.78, 5) is 0. The van der Waals surface area contributed by atoms with Gasteiger partial charge in [-0.15, -0.1) is 0 Å². The molecular weight excluding hydrogens is 792 g/mol. The zero-order chi connectivity index (χ0) is 41.6. The second-order valence-corrected chi connectivity index (χ2v) is 51.4. The average Bonchev–Trinajstić information content (AvgIpc) is 3.79. The third-order valence-corrected chi connectivity index (χ3v) is 30.6. The van der Waals surface area contributed by atoms with E-state index in [4.69, 9.17) is 0 Å². The molecule has 0 aromatic heterocycles. The van der Waals surface area contributed by atoms with Crippen LogP contribution in [0, 0.1) is 38.5 Å². The molecule has 0 saturated carbocycles. The molecule has 2 atom stereocenters. The fraction of sp³-hybridized carbons (Fsp3) is 0.286. The van der Waals surface area contributed by atoms with E-state index in [-0.39, 0.29) is 10.8 Å². The summed E-state index contributed by atoms with van der Waals surface area (Å²) in [5, 5.41) is 0. The Morgan fingerprint density at radius 1 is 0.379 bits per heavy atom. The van der Waals surface area contributed by atoms with Crippen molar-refractivity contribution in [2.45, 2.75) is 85.8 Å². The second-order valence-electron chi connectivity index (χ2n) is 20.9. The molecule has 0 radical (unpaired) electrons. The number of rotatable bonds is 6. The van der Waals surface area contributed by atoms with Gasteiger partial charge in [0.15, 0.2) is 0 Å². The third-order valence-electron chi connectivity index (χ3n) is 13.5. The quantitative estimate of drug-likeness (QED) is 0.146. The maximum absolute atomic E-state index is 4.28. The molecule has 6 aromatic carbocycles. The molecule has 2 aliphatic carbocycles. The van der Waals surface area contributed by atoms with E-state index in [0.29, 0.717) is 7.25 Å². The maximum atomic E-state index is 2.84. The van der Waals surface area contributed by atoms with Crippen molar-refractivity contribution in [2.75, 3.05) is 0 Å². The van der Waals surface area contributed by atoms with Gasteiger partial charge in [0.2, 0.25) is 0 Å². The van der Waals surface area contributed by atoms with Crippen molar-refractivity contribution in [3.05, 3.63) is 177 Å². The van der Waals surface area contributed by atoms with E-state index in [1.807, 2.05) is 0 Å². The standard InChI is InChI=1S/2C27H27.2CH3.H2Si.Zr/c2*1-18-6-10-20(11-7-18)23-14-15-24(21-12-8-19(2)9-13-21)26-17-22(16-25(23)26)27(3,4)5;;;;/h2*6-17H,1-5H3;2*1H3;1H2;. The minimum absolute atomic E-state index is 0.0308. The number of hydrogen-bond acceptors (Lipinski definition) is 0. The van der Waals surface area contributed by atoms with E-state index in [2.05, 4.69) is 219 Å². The van der Waals surface area contributed by atoms with E-state index in [1.54, 1.807) is 22.3 Å². The summed E-state index contributed by atoms with van der Waals surface area (Å²) in [6.07, 6.45) is 5.34. The first kappa shape index (κ1) is 40.7. The zero-order valence-corrected chi connectivity index (χ0v) is 40.9. The first-order valence-electron chi connectivity index (χ1n) is 21.3. The minimum atomic E-state index is -4.28. The fourth-order valence-electron chi connectivity index (χ4n) is 10.4. The Morgan fingerprint density at radius 3 is 0.879 bits per heavy atom. The Morgan fingerprint density at radius 2 is 0.621 bits per heavy atom. The van der Waals surface area contributed by atoms with Crippen molar-refractivity contribution in [3.63, 3.8) is 0 Å². The molecule has 2 aliphatic rings. The van der Waals surface area contributed by atoms with E-state index >= 15 is 0 Å². The molecule has 294 valence electrons. The van der Waals surface area contributed by atoms with E-state index in [1.165, 1.54) is 77.9 Å². The van der Waals surface area contributed by atoms with Gasteiger partial charge in [-0.05, 0) is 0 Å². The van der Waals surface area contributed by atoms with Crippen LogP contribution >= 0.6 is 0 Å². The molecule has 2 unspecified atom stereocenters. The Labute approximate surface area is 352 Å². The van der Waals surface area contributed by atoms with Crippen LogP contribution in [0.25, 0.3) is 56.7 Å². The van der Waals surface area contributed by atoms with Gasteiger partial charge in [0.05, 0.1) is 0 Å². The summed E-state index contributed by atoms with van der Waals surface area (Å²) in [5.41, 5.74) is 25.0. The van der Waals surface area contributed by atoms with E-state index in [0.717, 1.165) is 0 Å². The van der Waals surface area contributed by atoms with Gasteiger partial charge < -0.3 is 0 Å². The molecule has 0 fully saturated rings. The van der Waals surface area contributed by atoms with E-state index in [9.17, 15) is 0 Å². The van der Waals surface area contributed by atoms with Gasteiger partial charge in [-0.1, -0.05) is 0 Å². The number of hydrogen-bond donors (Lipinski definition) is 0. The van der Waals surface area contributed by atoms with Gasteiger partial charge in [0.25, 0.3) is 0 Å². The van der Waals surface area contributed by atoms with Crippen molar-refractivity contribution in [1.82, 2.24) is 0 Å². The summed E-state index contributed by atoms with van der Waals surface area (Å²) in [5.74, 6) is 0. The molecule has 0 nitrogen and oxygen atoms in total. The molecule has 58 heavy (non-hydrogen) atoms. The summed E-state index contributed by atoms with van der Waals surface area (Å²) >= 11 is -4.28. The molecule has 0 amide bonds. The van der Waals surface area contributed by atoms with Gasteiger partial charge in [-0.25, -0.2) is 0 Å². The topological polar surface area (TPSA) is 0 Å². The zero-order valence-electron chi connectivity index (χ0n) is 37.1. The predicted octanol–water partition coefficient (Wildman–Crippen LogP) is 15.6. The third kappa shape index (κ3) is 7.07. The molecule has 8 rings (SSSR count). The molecule has 2 heteroatoms. The van der Waals surface area contributed by atoms with Crippen LogP contribution in [0.15, 0.2) is 132 Å². The number of benzene rings is 6. The Kier molecular flexibility index (Phi) is 10.0. The normalized spacial score (nSPS) is 16.8. The van der Waals surface area contributed by atoms with Crippen molar-refractivity contribution in [2.24, 2.45) is 10.8 Å². The number of allylic oxidation sites excluding steroid dienone is 2. The summed E-state index contributed by atoms with van der Waals surface area (Å²) in [6.45, 7) is 26.1. The number of fused-ring (bicyclic) bond motifs is 2. The summed E-state index contributed by atoms with van der Waals surface area (Å²) in [7, 11) is 0. The van der Waals surface area contributed by atoms with Crippen LogP contribution in [-0.4, -0.2) is 6.88 Å². The van der Waals surface area contributed by atoms with Crippen molar-refractivity contribution >= 4 is 19.0 Å². The predicted molar refractivity (Wildman–Crippen MR) is 254 cm³/mol. The molecular formula is C56H62SiZr. The Bertz CT molecular complexity index is 2510. The van der Waals surface area contributed by atoms with Gasteiger partial charge in [0.1, 0.15) is 0 Å². The Hall–Kier alpha value is -4.10. The molecule has 0 bridgehead atoms. The van der Waals surface area contributed by atoms with Gasteiger partial charge in [0, 0.05) is 0 Å². The van der Waals surface area contributed by atoms with Crippen molar-refractivity contribution < 1.29 is 17.4 Å². The fourth-order valence-corrected chi connectivity index (χ4v) is 30.0. The first-order chi connectivity index (χ1) is 27.2. The second kappa shape index (κ2) is 14.3. The van der Waals surface area contributed by atoms with Crippen LogP contribution in [0.1, 0.15) is 93.3 Å².